The lowest BCUT2D eigenvalue weighted by molar-refractivity contribution is -0.129. The van der Waals surface area contributed by atoms with Crippen molar-refractivity contribution in [2.75, 3.05) is 0 Å². The van der Waals surface area contributed by atoms with Crippen molar-refractivity contribution in [1.29, 1.82) is 0 Å². The summed E-state index contributed by atoms with van der Waals surface area (Å²) in [7, 11) is 0. The predicted molar refractivity (Wildman–Crippen MR) is 87.4 cm³/mol. The van der Waals surface area contributed by atoms with E-state index in [1.807, 2.05) is 50.2 Å². The fourth-order valence-corrected chi connectivity index (χ4v) is 2.10. The smallest absolute Gasteiger partial charge is 0.273 e. The number of amides is 1. The summed E-state index contributed by atoms with van der Waals surface area (Å²) in [5, 5.41) is 14.2. The zero-order valence-corrected chi connectivity index (χ0v) is 12.7. The molecule has 1 atom stereocenters. The average Bonchev–Trinajstić information content (AvgIpc) is 2.55. The molecule has 0 saturated heterocycles. The highest BCUT2D eigenvalue weighted by Gasteiger charge is 2.17. The van der Waals surface area contributed by atoms with E-state index in [4.69, 9.17) is 0 Å². The number of rotatable bonds is 5. The normalized spacial score (nSPS) is 13.0. The number of aliphatic hydroxyl groups excluding tert-OH is 1. The lowest BCUT2D eigenvalue weighted by atomic mass is 10.0. The van der Waals surface area contributed by atoms with Gasteiger partial charge in [-0.2, -0.15) is 5.10 Å². The number of aliphatic hydroxyl groups is 1. The zero-order chi connectivity index (χ0) is 15.9. The van der Waals surface area contributed by atoms with Gasteiger partial charge in [-0.25, -0.2) is 5.43 Å². The van der Waals surface area contributed by atoms with Crippen LogP contribution in [-0.4, -0.2) is 16.7 Å². The van der Waals surface area contributed by atoms with Gasteiger partial charge in [-0.3, -0.25) is 4.79 Å². The minimum Gasteiger partial charge on any atom is -0.378 e. The lowest BCUT2D eigenvalue weighted by Crippen LogP contribution is -2.27. The van der Waals surface area contributed by atoms with Crippen LogP contribution in [0.15, 0.2) is 65.8 Å². The summed E-state index contributed by atoms with van der Waals surface area (Å²) in [4.78, 5) is 12.0. The van der Waals surface area contributed by atoms with Gasteiger partial charge in [0.25, 0.3) is 5.91 Å². The van der Waals surface area contributed by atoms with E-state index in [1.54, 1.807) is 24.3 Å². The summed E-state index contributed by atoms with van der Waals surface area (Å²) in [5.74, 6) is -0.392. The second kappa shape index (κ2) is 7.52. The molecule has 0 fully saturated rings. The van der Waals surface area contributed by atoms with Gasteiger partial charge >= 0.3 is 0 Å². The van der Waals surface area contributed by atoms with Crippen LogP contribution >= 0.6 is 0 Å². The largest absolute Gasteiger partial charge is 0.378 e. The minimum absolute atomic E-state index is 0.150. The molecule has 1 amide bonds. The molecule has 0 aliphatic heterocycles. The summed E-state index contributed by atoms with van der Waals surface area (Å²) in [6.45, 7) is 4.01. The Labute approximate surface area is 130 Å². The Morgan fingerprint density at radius 3 is 2.09 bits per heavy atom. The van der Waals surface area contributed by atoms with E-state index in [0.29, 0.717) is 5.56 Å². The highest BCUT2D eigenvalue weighted by atomic mass is 16.3. The number of nitrogens with one attached hydrogen (secondary N) is 1. The Bertz CT molecular complexity index is 637. The van der Waals surface area contributed by atoms with Crippen molar-refractivity contribution in [2.45, 2.75) is 20.0 Å². The van der Waals surface area contributed by atoms with E-state index in [1.165, 1.54) is 0 Å². The van der Waals surface area contributed by atoms with Gasteiger partial charge in [-0.15, -0.1) is 0 Å². The Balaban J connectivity index is 2.13. The molecule has 0 saturated carbocycles. The van der Waals surface area contributed by atoms with Crippen LogP contribution in [-0.2, 0) is 4.79 Å². The van der Waals surface area contributed by atoms with Crippen molar-refractivity contribution in [2.24, 2.45) is 11.0 Å². The third kappa shape index (κ3) is 4.02. The molecule has 22 heavy (non-hydrogen) atoms. The van der Waals surface area contributed by atoms with Gasteiger partial charge in [0.05, 0.1) is 5.71 Å². The van der Waals surface area contributed by atoms with E-state index in [0.717, 1.165) is 11.3 Å². The van der Waals surface area contributed by atoms with Crippen LogP contribution in [0.1, 0.15) is 31.1 Å². The van der Waals surface area contributed by atoms with Crippen LogP contribution in [0.3, 0.4) is 0 Å². The molecule has 0 aliphatic rings. The second-order valence-corrected chi connectivity index (χ2v) is 5.31. The molecule has 0 radical (unpaired) electrons. The summed E-state index contributed by atoms with van der Waals surface area (Å²) < 4.78 is 0. The van der Waals surface area contributed by atoms with E-state index in [-0.39, 0.29) is 5.92 Å². The molecule has 4 nitrogen and oxygen atoms in total. The Hall–Kier alpha value is -2.46. The fourth-order valence-electron chi connectivity index (χ4n) is 2.10. The molecule has 0 spiro atoms. The van der Waals surface area contributed by atoms with Crippen molar-refractivity contribution >= 4 is 11.6 Å². The number of carbonyl (C=O) groups excluding carboxylic acids is 1. The van der Waals surface area contributed by atoms with Gasteiger partial charge in [0.1, 0.15) is 0 Å². The van der Waals surface area contributed by atoms with Gasteiger partial charge in [0.15, 0.2) is 6.10 Å². The highest BCUT2D eigenvalue weighted by Crippen LogP contribution is 2.13. The molecular weight excluding hydrogens is 276 g/mol. The van der Waals surface area contributed by atoms with Crippen molar-refractivity contribution in [3.63, 3.8) is 0 Å². The first-order valence-electron chi connectivity index (χ1n) is 7.25. The number of carbonyl (C=O) groups is 1. The van der Waals surface area contributed by atoms with Crippen molar-refractivity contribution in [3.8, 4) is 0 Å². The zero-order valence-electron chi connectivity index (χ0n) is 12.7. The topological polar surface area (TPSA) is 61.7 Å². The molecule has 2 aromatic carbocycles. The quantitative estimate of drug-likeness (QED) is 0.658. The lowest BCUT2D eigenvalue weighted by Gasteiger charge is -2.13. The Kier molecular flexibility index (Phi) is 5.44. The summed E-state index contributed by atoms with van der Waals surface area (Å²) in [6, 6.07) is 18.5. The van der Waals surface area contributed by atoms with Crippen LogP contribution < -0.4 is 5.43 Å². The average molecular weight is 296 g/mol. The van der Waals surface area contributed by atoms with Gasteiger partial charge in [0, 0.05) is 0 Å². The predicted octanol–water partition coefficient (Wildman–Crippen LogP) is 2.90. The van der Waals surface area contributed by atoms with Crippen molar-refractivity contribution in [3.05, 3.63) is 71.8 Å². The van der Waals surface area contributed by atoms with Crippen molar-refractivity contribution < 1.29 is 9.90 Å². The number of hydrazone groups is 1. The number of nitrogens with zero attached hydrogens (tertiary/aromatic N) is 1. The summed E-state index contributed by atoms with van der Waals surface area (Å²) in [5.41, 5.74) is 4.73. The second-order valence-electron chi connectivity index (χ2n) is 5.31. The first-order chi connectivity index (χ1) is 10.6. The molecule has 114 valence electrons. The van der Waals surface area contributed by atoms with Crippen molar-refractivity contribution in [1.82, 2.24) is 5.43 Å². The molecular formula is C18H20N2O2. The summed E-state index contributed by atoms with van der Waals surface area (Å²) in [6.07, 6.45) is -1.23. The molecule has 0 aromatic heterocycles. The number of benzene rings is 2. The molecule has 2 rings (SSSR count). The minimum atomic E-state index is -1.23. The molecule has 0 unspecified atom stereocenters. The molecule has 2 aromatic rings. The van der Waals surface area contributed by atoms with E-state index in [2.05, 4.69) is 10.5 Å². The highest BCUT2D eigenvalue weighted by molar-refractivity contribution is 6.02. The molecule has 0 bridgehead atoms. The maximum absolute atomic E-state index is 12.0. The van der Waals surface area contributed by atoms with Crippen LogP contribution in [0.25, 0.3) is 0 Å². The molecule has 0 aliphatic carbocycles. The first-order valence-corrected chi connectivity index (χ1v) is 7.25. The maximum Gasteiger partial charge on any atom is 0.273 e. The third-order valence-corrected chi connectivity index (χ3v) is 3.27. The standard InChI is InChI=1S/C18H20N2O2/c1-13(2)16(14-9-5-3-6-10-14)19-20-18(22)17(21)15-11-7-4-8-12-15/h3-13,17,21H,1-2H3,(H,20,22)/b19-16+/t17-/m1/s1. The van der Waals surface area contributed by atoms with Gasteiger partial charge in [0.2, 0.25) is 0 Å². The Morgan fingerprint density at radius 1 is 1.00 bits per heavy atom. The maximum atomic E-state index is 12.0. The molecule has 2 N–H and O–H groups in total. The van der Waals surface area contributed by atoms with Crippen LogP contribution in [0.4, 0.5) is 0 Å². The SMILES string of the molecule is CC(C)/C(=N\NC(=O)[C@H](O)c1ccccc1)c1ccccc1. The molecule has 4 heteroatoms. The van der Waals surface area contributed by atoms with E-state index in [9.17, 15) is 9.90 Å². The fraction of sp³-hybridized carbons (Fsp3) is 0.222. The van der Waals surface area contributed by atoms with Gasteiger partial charge in [-0.1, -0.05) is 74.5 Å². The summed E-state index contributed by atoms with van der Waals surface area (Å²) >= 11 is 0. The number of hydrogen-bond donors (Lipinski definition) is 2. The van der Waals surface area contributed by atoms with Crippen LogP contribution in [0, 0.1) is 5.92 Å². The van der Waals surface area contributed by atoms with Gasteiger partial charge in [-0.05, 0) is 17.0 Å². The number of hydrogen-bond acceptors (Lipinski definition) is 3. The Morgan fingerprint density at radius 2 is 1.55 bits per heavy atom. The monoisotopic (exact) mass is 296 g/mol. The van der Waals surface area contributed by atoms with E-state index < -0.39 is 12.0 Å². The van der Waals surface area contributed by atoms with Gasteiger partial charge < -0.3 is 5.11 Å². The first kappa shape index (κ1) is 15.9. The van der Waals surface area contributed by atoms with Crippen LogP contribution in [0.2, 0.25) is 0 Å². The van der Waals surface area contributed by atoms with Crippen LogP contribution in [0.5, 0.6) is 0 Å². The van der Waals surface area contributed by atoms with E-state index >= 15 is 0 Å². The third-order valence-electron chi connectivity index (χ3n) is 3.27. The molecule has 0 heterocycles.